The second-order valence-electron chi connectivity index (χ2n) is 7.17. The number of benzene rings is 2. The van der Waals surface area contributed by atoms with Gasteiger partial charge in [-0.15, -0.1) is 10.2 Å². The van der Waals surface area contributed by atoms with E-state index < -0.39 is 6.04 Å². The zero-order chi connectivity index (χ0) is 23.1. The summed E-state index contributed by atoms with van der Waals surface area (Å²) in [5.74, 6) is 0.372. The van der Waals surface area contributed by atoms with E-state index in [-0.39, 0.29) is 17.7 Å². The first-order valence-corrected chi connectivity index (χ1v) is 11.0. The standard InChI is InChI=1S/C23H26N4O4S/c1-5-14(2)19(24-20(28)17-8-6-7-9-18(17)31-4)21(29)25-23-27-26-22(32-23)15-10-12-16(30-3)13-11-15/h6-14,19H,5H2,1-4H3,(H,24,28)(H,25,27,29). The van der Waals surface area contributed by atoms with E-state index in [0.717, 1.165) is 11.3 Å². The molecule has 0 aliphatic heterocycles. The zero-order valence-electron chi connectivity index (χ0n) is 18.4. The predicted molar refractivity (Wildman–Crippen MR) is 124 cm³/mol. The van der Waals surface area contributed by atoms with Crippen LogP contribution in [-0.4, -0.2) is 42.3 Å². The van der Waals surface area contributed by atoms with Crippen molar-refractivity contribution in [3.63, 3.8) is 0 Å². The average Bonchev–Trinajstić information content (AvgIpc) is 3.30. The summed E-state index contributed by atoms with van der Waals surface area (Å²) in [6.07, 6.45) is 0.706. The van der Waals surface area contributed by atoms with E-state index in [2.05, 4.69) is 20.8 Å². The van der Waals surface area contributed by atoms with E-state index in [9.17, 15) is 9.59 Å². The van der Waals surface area contributed by atoms with Crippen molar-refractivity contribution in [2.75, 3.05) is 19.5 Å². The quantitative estimate of drug-likeness (QED) is 0.507. The summed E-state index contributed by atoms with van der Waals surface area (Å²) < 4.78 is 10.4. The van der Waals surface area contributed by atoms with Gasteiger partial charge < -0.3 is 14.8 Å². The van der Waals surface area contributed by atoms with Crippen molar-refractivity contribution in [2.45, 2.75) is 26.3 Å². The van der Waals surface area contributed by atoms with Crippen molar-refractivity contribution < 1.29 is 19.1 Å². The van der Waals surface area contributed by atoms with E-state index in [1.165, 1.54) is 18.4 Å². The highest BCUT2D eigenvalue weighted by Gasteiger charge is 2.28. The van der Waals surface area contributed by atoms with Crippen LogP contribution >= 0.6 is 11.3 Å². The molecule has 9 heteroatoms. The molecule has 0 spiro atoms. The monoisotopic (exact) mass is 454 g/mol. The van der Waals surface area contributed by atoms with Crippen LogP contribution in [0.4, 0.5) is 5.13 Å². The van der Waals surface area contributed by atoms with Crippen LogP contribution in [0.1, 0.15) is 30.6 Å². The number of carbonyl (C=O) groups excluding carboxylic acids is 2. The number of methoxy groups -OCH3 is 2. The lowest BCUT2D eigenvalue weighted by molar-refractivity contribution is -0.119. The van der Waals surface area contributed by atoms with Gasteiger partial charge in [0.2, 0.25) is 11.0 Å². The number of carbonyl (C=O) groups is 2. The van der Waals surface area contributed by atoms with Crippen LogP contribution in [0.5, 0.6) is 11.5 Å². The molecular formula is C23H26N4O4S. The van der Waals surface area contributed by atoms with Gasteiger partial charge in [-0.3, -0.25) is 14.9 Å². The smallest absolute Gasteiger partial charge is 0.255 e. The lowest BCUT2D eigenvalue weighted by Gasteiger charge is -2.23. The summed E-state index contributed by atoms with van der Waals surface area (Å²) in [5.41, 5.74) is 1.24. The number of hydrogen-bond acceptors (Lipinski definition) is 7. The van der Waals surface area contributed by atoms with Crippen molar-refractivity contribution in [3.05, 3.63) is 54.1 Å². The summed E-state index contributed by atoms with van der Waals surface area (Å²) in [7, 11) is 3.11. The zero-order valence-corrected chi connectivity index (χ0v) is 19.2. The Morgan fingerprint density at radius 1 is 1.03 bits per heavy atom. The van der Waals surface area contributed by atoms with Gasteiger partial charge in [0.1, 0.15) is 22.5 Å². The Balaban J connectivity index is 1.74. The number of anilines is 1. The van der Waals surface area contributed by atoms with E-state index in [1.54, 1.807) is 31.4 Å². The molecule has 0 bridgehead atoms. The minimum absolute atomic E-state index is 0.0948. The molecule has 1 aromatic heterocycles. The van der Waals surface area contributed by atoms with E-state index in [4.69, 9.17) is 9.47 Å². The molecule has 32 heavy (non-hydrogen) atoms. The average molecular weight is 455 g/mol. The largest absolute Gasteiger partial charge is 0.497 e. The molecule has 2 unspecified atom stereocenters. The molecule has 0 saturated carbocycles. The normalized spacial score (nSPS) is 12.5. The van der Waals surface area contributed by atoms with Gasteiger partial charge in [-0.05, 0) is 42.3 Å². The van der Waals surface area contributed by atoms with Crippen molar-refractivity contribution in [1.29, 1.82) is 0 Å². The Hall–Kier alpha value is -3.46. The third-order valence-corrected chi connectivity index (χ3v) is 6.01. The van der Waals surface area contributed by atoms with Crippen LogP contribution in [0.15, 0.2) is 48.5 Å². The maximum absolute atomic E-state index is 13.0. The SMILES string of the molecule is CCC(C)C(NC(=O)c1ccccc1OC)C(=O)Nc1nnc(-c2ccc(OC)cc2)s1. The third kappa shape index (κ3) is 5.42. The molecule has 0 radical (unpaired) electrons. The number of para-hydroxylation sites is 1. The molecule has 3 aromatic rings. The van der Waals surface area contributed by atoms with Gasteiger partial charge in [-0.25, -0.2) is 0 Å². The van der Waals surface area contributed by atoms with Crippen LogP contribution in [0.2, 0.25) is 0 Å². The number of aromatic nitrogens is 2. The Kier molecular flexibility index (Phi) is 7.77. The van der Waals surface area contributed by atoms with Crippen LogP contribution in [0.25, 0.3) is 10.6 Å². The van der Waals surface area contributed by atoms with Crippen molar-refractivity contribution in [3.8, 4) is 22.1 Å². The first-order valence-electron chi connectivity index (χ1n) is 10.2. The summed E-state index contributed by atoms with van der Waals surface area (Å²) in [6.45, 7) is 3.88. The first-order chi connectivity index (χ1) is 15.5. The summed E-state index contributed by atoms with van der Waals surface area (Å²) in [6, 6.07) is 13.6. The predicted octanol–water partition coefficient (Wildman–Crippen LogP) is 4.01. The maximum Gasteiger partial charge on any atom is 0.255 e. The van der Waals surface area contributed by atoms with E-state index >= 15 is 0 Å². The number of nitrogens with one attached hydrogen (secondary N) is 2. The van der Waals surface area contributed by atoms with Crippen LogP contribution in [0, 0.1) is 5.92 Å². The summed E-state index contributed by atoms with van der Waals surface area (Å²) in [5, 5.41) is 14.9. The van der Waals surface area contributed by atoms with Crippen LogP contribution in [-0.2, 0) is 4.79 Å². The summed E-state index contributed by atoms with van der Waals surface area (Å²) in [4.78, 5) is 25.9. The lowest BCUT2D eigenvalue weighted by atomic mass is 9.98. The molecular weight excluding hydrogens is 428 g/mol. The van der Waals surface area contributed by atoms with Gasteiger partial charge >= 0.3 is 0 Å². The fourth-order valence-corrected chi connectivity index (χ4v) is 3.81. The minimum atomic E-state index is -0.745. The molecule has 0 fully saturated rings. The maximum atomic E-state index is 13.0. The van der Waals surface area contributed by atoms with Crippen molar-refractivity contribution in [1.82, 2.24) is 15.5 Å². The van der Waals surface area contributed by atoms with Gasteiger partial charge in [-0.2, -0.15) is 0 Å². The van der Waals surface area contributed by atoms with Gasteiger partial charge in [-0.1, -0.05) is 43.7 Å². The number of rotatable bonds is 9. The van der Waals surface area contributed by atoms with Crippen molar-refractivity contribution in [2.24, 2.45) is 5.92 Å². The van der Waals surface area contributed by atoms with E-state index in [1.807, 2.05) is 38.1 Å². The Morgan fingerprint density at radius 3 is 2.41 bits per heavy atom. The Bertz CT molecular complexity index is 1070. The molecule has 0 aliphatic rings. The molecule has 1 heterocycles. The number of ether oxygens (including phenoxy) is 2. The van der Waals surface area contributed by atoms with Gasteiger partial charge in [0.05, 0.1) is 19.8 Å². The summed E-state index contributed by atoms with van der Waals surface area (Å²) >= 11 is 1.26. The van der Waals surface area contributed by atoms with E-state index in [0.29, 0.717) is 27.9 Å². The van der Waals surface area contributed by atoms with Gasteiger partial charge in [0.15, 0.2) is 0 Å². The molecule has 2 N–H and O–H groups in total. The minimum Gasteiger partial charge on any atom is -0.497 e. The van der Waals surface area contributed by atoms with Crippen LogP contribution in [0.3, 0.4) is 0 Å². The number of nitrogens with zero attached hydrogens (tertiary/aromatic N) is 2. The molecule has 0 saturated heterocycles. The first kappa shape index (κ1) is 23.2. The van der Waals surface area contributed by atoms with Gasteiger partial charge in [0.25, 0.3) is 5.91 Å². The molecule has 0 aliphatic carbocycles. The highest BCUT2D eigenvalue weighted by atomic mass is 32.1. The molecule has 3 rings (SSSR count). The molecule has 2 aromatic carbocycles. The molecule has 2 atom stereocenters. The lowest BCUT2D eigenvalue weighted by Crippen LogP contribution is -2.47. The van der Waals surface area contributed by atoms with Crippen molar-refractivity contribution >= 4 is 28.3 Å². The number of amides is 2. The topological polar surface area (TPSA) is 102 Å². The third-order valence-electron chi connectivity index (χ3n) is 5.13. The second-order valence-corrected chi connectivity index (χ2v) is 8.14. The fourth-order valence-electron chi connectivity index (χ4n) is 3.06. The van der Waals surface area contributed by atoms with Crippen LogP contribution < -0.4 is 20.1 Å². The Labute approximate surface area is 191 Å². The highest BCUT2D eigenvalue weighted by Crippen LogP contribution is 2.28. The number of hydrogen-bond donors (Lipinski definition) is 2. The second kappa shape index (κ2) is 10.7. The van der Waals surface area contributed by atoms with Gasteiger partial charge in [0, 0.05) is 5.56 Å². The molecule has 168 valence electrons. The Morgan fingerprint density at radius 2 is 1.75 bits per heavy atom. The molecule has 2 amide bonds. The fraction of sp³-hybridized carbons (Fsp3) is 0.304. The highest BCUT2D eigenvalue weighted by molar-refractivity contribution is 7.18. The molecule has 8 nitrogen and oxygen atoms in total.